The highest BCUT2D eigenvalue weighted by molar-refractivity contribution is 6.12. The first-order valence-corrected chi connectivity index (χ1v) is 10.2. The Kier molecular flexibility index (Phi) is 4.21. The number of fused-ring (bicyclic) bond motifs is 2. The molecule has 0 aliphatic rings. The molecule has 0 aliphatic heterocycles. The van der Waals surface area contributed by atoms with E-state index in [1.807, 2.05) is 0 Å². The van der Waals surface area contributed by atoms with Crippen LogP contribution in [0.2, 0.25) is 0 Å². The molecule has 0 nitrogen and oxygen atoms in total. The minimum absolute atomic E-state index is 1.26. The predicted molar refractivity (Wildman–Crippen MR) is 127 cm³/mol. The molecule has 0 heterocycles. The summed E-state index contributed by atoms with van der Waals surface area (Å²) in [7, 11) is 0. The second kappa shape index (κ2) is 6.90. The quantitative estimate of drug-likeness (QED) is 0.292. The van der Waals surface area contributed by atoms with Gasteiger partial charge in [-0.3, -0.25) is 0 Å². The number of rotatable bonds is 2. The second-order valence-corrected chi connectivity index (χ2v) is 7.96. The standard InChI is InChI=1S/C29H24/c1-19-17-21(3)28(25-15-9-7-13-23(19)25)29-26-16-10-8-14-24(26)20(2)18-27(29)22-11-5-4-6-12-22/h4-18H,1-3H3. The Labute approximate surface area is 172 Å². The van der Waals surface area contributed by atoms with Crippen molar-refractivity contribution in [2.75, 3.05) is 0 Å². The summed E-state index contributed by atoms with van der Waals surface area (Å²) in [6.07, 6.45) is 0. The molecule has 0 amide bonds. The highest BCUT2D eigenvalue weighted by atomic mass is 14.2. The van der Waals surface area contributed by atoms with Crippen LogP contribution in [0.3, 0.4) is 0 Å². The van der Waals surface area contributed by atoms with E-state index in [1.54, 1.807) is 0 Å². The van der Waals surface area contributed by atoms with Crippen LogP contribution in [0.15, 0.2) is 91.0 Å². The normalized spacial score (nSPS) is 11.3. The van der Waals surface area contributed by atoms with E-state index in [4.69, 9.17) is 0 Å². The Bertz CT molecular complexity index is 1360. The first-order chi connectivity index (χ1) is 14.1. The maximum Gasteiger partial charge on any atom is -0.00177 e. The van der Waals surface area contributed by atoms with Crippen LogP contribution in [0.1, 0.15) is 16.7 Å². The van der Waals surface area contributed by atoms with Crippen LogP contribution in [0.5, 0.6) is 0 Å². The highest BCUT2D eigenvalue weighted by Gasteiger charge is 2.18. The number of aryl methyl sites for hydroxylation is 3. The van der Waals surface area contributed by atoms with Crippen LogP contribution in [0.4, 0.5) is 0 Å². The third-order valence-electron chi connectivity index (χ3n) is 6.03. The maximum atomic E-state index is 2.36. The Morgan fingerprint density at radius 1 is 0.414 bits per heavy atom. The molecule has 0 radical (unpaired) electrons. The lowest BCUT2D eigenvalue weighted by atomic mass is 9.83. The van der Waals surface area contributed by atoms with Crippen LogP contribution in [0.25, 0.3) is 43.8 Å². The summed E-state index contributed by atoms with van der Waals surface area (Å²) in [5.74, 6) is 0. The lowest BCUT2D eigenvalue weighted by molar-refractivity contribution is 1.42. The van der Waals surface area contributed by atoms with Gasteiger partial charge in [0.2, 0.25) is 0 Å². The van der Waals surface area contributed by atoms with Crippen molar-refractivity contribution in [1.29, 1.82) is 0 Å². The molecule has 0 atom stereocenters. The van der Waals surface area contributed by atoms with Crippen molar-refractivity contribution in [3.05, 3.63) is 108 Å². The van der Waals surface area contributed by atoms with Gasteiger partial charge in [0.1, 0.15) is 0 Å². The zero-order valence-electron chi connectivity index (χ0n) is 17.2. The predicted octanol–water partition coefficient (Wildman–Crippen LogP) is 8.25. The zero-order valence-corrected chi connectivity index (χ0v) is 17.2. The molecule has 0 fully saturated rings. The minimum atomic E-state index is 1.26. The van der Waals surface area contributed by atoms with E-state index in [0.717, 1.165) is 0 Å². The van der Waals surface area contributed by atoms with Gasteiger partial charge in [-0.15, -0.1) is 0 Å². The summed E-state index contributed by atoms with van der Waals surface area (Å²) < 4.78 is 0. The fourth-order valence-electron chi connectivity index (χ4n) is 4.74. The first kappa shape index (κ1) is 17.7. The maximum absolute atomic E-state index is 2.36. The van der Waals surface area contributed by atoms with E-state index < -0.39 is 0 Å². The summed E-state index contributed by atoms with van der Waals surface area (Å²) in [5, 5.41) is 5.31. The third kappa shape index (κ3) is 2.84. The molecule has 5 rings (SSSR count). The molecule has 29 heavy (non-hydrogen) atoms. The molecule has 5 aromatic rings. The average Bonchev–Trinajstić information content (AvgIpc) is 2.76. The Hall–Kier alpha value is -3.38. The number of benzene rings is 5. The monoisotopic (exact) mass is 372 g/mol. The van der Waals surface area contributed by atoms with E-state index in [0.29, 0.717) is 0 Å². The summed E-state index contributed by atoms with van der Waals surface area (Å²) in [4.78, 5) is 0. The molecule has 0 aromatic heterocycles. The lowest BCUT2D eigenvalue weighted by Crippen LogP contribution is -1.95. The molecule has 0 saturated carbocycles. The van der Waals surface area contributed by atoms with E-state index >= 15 is 0 Å². The molecule has 140 valence electrons. The van der Waals surface area contributed by atoms with Gasteiger partial charge in [-0.1, -0.05) is 91.0 Å². The fraction of sp³-hybridized carbons (Fsp3) is 0.103. The van der Waals surface area contributed by atoms with Crippen molar-refractivity contribution in [3.63, 3.8) is 0 Å². The van der Waals surface area contributed by atoms with Gasteiger partial charge < -0.3 is 0 Å². The molecule has 0 aliphatic carbocycles. The van der Waals surface area contributed by atoms with Crippen LogP contribution in [-0.4, -0.2) is 0 Å². The average molecular weight is 373 g/mol. The molecule has 5 aromatic carbocycles. The topological polar surface area (TPSA) is 0 Å². The lowest BCUT2D eigenvalue weighted by Gasteiger charge is -2.20. The number of hydrogen-bond donors (Lipinski definition) is 0. The molecular formula is C29H24. The molecular weight excluding hydrogens is 348 g/mol. The molecule has 0 spiro atoms. The van der Waals surface area contributed by atoms with Gasteiger partial charge >= 0.3 is 0 Å². The molecule has 0 heteroatoms. The van der Waals surface area contributed by atoms with Crippen molar-refractivity contribution in [2.24, 2.45) is 0 Å². The van der Waals surface area contributed by atoms with E-state index in [1.165, 1.54) is 60.5 Å². The highest BCUT2D eigenvalue weighted by Crippen LogP contribution is 2.44. The summed E-state index contributed by atoms with van der Waals surface area (Å²) in [5.41, 5.74) is 9.23. The van der Waals surface area contributed by atoms with Crippen molar-refractivity contribution >= 4 is 21.5 Å². The van der Waals surface area contributed by atoms with Gasteiger partial charge in [0, 0.05) is 0 Å². The van der Waals surface area contributed by atoms with Gasteiger partial charge in [-0.2, -0.15) is 0 Å². The van der Waals surface area contributed by atoms with Crippen LogP contribution in [-0.2, 0) is 0 Å². The van der Waals surface area contributed by atoms with Gasteiger partial charge in [0.25, 0.3) is 0 Å². The fourth-order valence-corrected chi connectivity index (χ4v) is 4.74. The molecule has 0 bridgehead atoms. The minimum Gasteiger partial charge on any atom is -0.0622 e. The summed E-state index contributed by atoms with van der Waals surface area (Å²) in [6, 6.07) is 33.1. The van der Waals surface area contributed by atoms with Crippen molar-refractivity contribution < 1.29 is 0 Å². The Balaban J connectivity index is 2.01. The molecule has 0 saturated heterocycles. The van der Waals surface area contributed by atoms with Gasteiger partial charge in [0.05, 0.1) is 0 Å². The van der Waals surface area contributed by atoms with Gasteiger partial charge in [-0.05, 0) is 81.3 Å². The number of hydrogen-bond acceptors (Lipinski definition) is 0. The Morgan fingerprint density at radius 2 is 0.897 bits per heavy atom. The first-order valence-electron chi connectivity index (χ1n) is 10.2. The smallest absolute Gasteiger partial charge is 0.00177 e. The van der Waals surface area contributed by atoms with Crippen LogP contribution in [0, 0.1) is 20.8 Å². The van der Waals surface area contributed by atoms with Crippen molar-refractivity contribution in [1.82, 2.24) is 0 Å². The molecule has 0 N–H and O–H groups in total. The second-order valence-electron chi connectivity index (χ2n) is 7.96. The van der Waals surface area contributed by atoms with Gasteiger partial charge in [0.15, 0.2) is 0 Å². The largest absolute Gasteiger partial charge is 0.0622 e. The van der Waals surface area contributed by atoms with E-state index in [-0.39, 0.29) is 0 Å². The van der Waals surface area contributed by atoms with Crippen LogP contribution >= 0.6 is 0 Å². The zero-order chi connectivity index (χ0) is 20.0. The van der Waals surface area contributed by atoms with Crippen molar-refractivity contribution in [2.45, 2.75) is 20.8 Å². The van der Waals surface area contributed by atoms with Crippen molar-refractivity contribution in [3.8, 4) is 22.3 Å². The summed E-state index contributed by atoms with van der Waals surface area (Å²) >= 11 is 0. The molecule has 0 unspecified atom stereocenters. The van der Waals surface area contributed by atoms with E-state index in [9.17, 15) is 0 Å². The van der Waals surface area contributed by atoms with Crippen LogP contribution < -0.4 is 0 Å². The van der Waals surface area contributed by atoms with E-state index in [2.05, 4.69) is 112 Å². The Morgan fingerprint density at radius 3 is 1.52 bits per heavy atom. The summed E-state index contributed by atoms with van der Waals surface area (Å²) in [6.45, 7) is 6.68. The third-order valence-corrected chi connectivity index (χ3v) is 6.03. The van der Waals surface area contributed by atoms with Gasteiger partial charge in [-0.25, -0.2) is 0 Å². The SMILES string of the molecule is Cc1cc(C)c2ccccc2c1-c1c(-c2ccccc2)cc(C)c2ccccc12.